The molecule has 0 spiro atoms. The maximum Gasteiger partial charge on any atom is 0.127 e. The van der Waals surface area contributed by atoms with Crippen molar-refractivity contribution in [1.29, 1.82) is 0 Å². The minimum Gasteiger partial charge on any atom is -0.457 e. The van der Waals surface area contributed by atoms with E-state index in [-0.39, 0.29) is 11.0 Å². The summed E-state index contributed by atoms with van der Waals surface area (Å²) in [5.41, 5.74) is 7.58. The third kappa shape index (κ3) is 2.32. The first kappa shape index (κ1) is 13.2. The molecule has 0 aromatic heterocycles. The number of nitrogens with two attached hydrogens (primary N) is 1. The van der Waals surface area contributed by atoms with Gasteiger partial charge in [-0.1, -0.05) is 44.2 Å². The lowest BCUT2D eigenvalue weighted by atomic mass is 9.76. The van der Waals surface area contributed by atoms with Gasteiger partial charge in [0, 0.05) is 11.0 Å². The number of para-hydroxylation sites is 1. The maximum absolute atomic E-state index is 6.42. The molecule has 0 bridgehead atoms. The van der Waals surface area contributed by atoms with Gasteiger partial charge in [-0.15, -0.1) is 0 Å². The second kappa shape index (κ2) is 4.64. The van der Waals surface area contributed by atoms with Crippen molar-refractivity contribution in [2.75, 3.05) is 0 Å². The van der Waals surface area contributed by atoms with Crippen molar-refractivity contribution >= 4 is 0 Å². The van der Waals surface area contributed by atoms with Crippen LogP contribution in [0.1, 0.15) is 32.3 Å². The Labute approximate surface area is 120 Å². The van der Waals surface area contributed by atoms with Gasteiger partial charge in [0.2, 0.25) is 0 Å². The average Bonchev–Trinajstić information content (AvgIpc) is 3.20. The van der Waals surface area contributed by atoms with Crippen LogP contribution in [0.2, 0.25) is 0 Å². The number of hydrogen-bond acceptors (Lipinski definition) is 2. The summed E-state index contributed by atoms with van der Waals surface area (Å²) in [6, 6.07) is 18.1. The quantitative estimate of drug-likeness (QED) is 0.899. The van der Waals surface area contributed by atoms with Crippen molar-refractivity contribution in [2.45, 2.75) is 37.6 Å². The lowest BCUT2D eigenvalue weighted by Gasteiger charge is -2.32. The van der Waals surface area contributed by atoms with Crippen molar-refractivity contribution in [3.8, 4) is 11.5 Å². The molecular formula is C18H21NO. The number of hydrogen-bond donors (Lipinski definition) is 1. The van der Waals surface area contributed by atoms with E-state index in [4.69, 9.17) is 10.5 Å². The van der Waals surface area contributed by atoms with Gasteiger partial charge in [0.25, 0.3) is 0 Å². The van der Waals surface area contributed by atoms with Crippen molar-refractivity contribution in [3.05, 3.63) is 60.2 Å². The van der Waals surface area contributed by atoms with Gasteiger partial charge in [0.15, 0.2) is 0 Å². The normalized spacial score (nSPS) is 16.8. The Morgan fingerprint density at radius 3 is 2.25 bits per heavy atom. The van der Waals surface area contributed by atoms with E-state index in [2.05, 4.69) is 26.0 Å². The summed E-state index contributed by atoms with van der Waals surface area (Å²) in [4.78, 5) is 0. The highest BCUT2D eigenvalue weighted by Gasteiger charge is 2.51. The van der Waals surface area contributed by atoms with Gasteiger partial charge < -0.3 is 10.5 Å². The monoisotopic (exact) mass is 267 g/mol. The predicted octanol–water partition coefficient (Wildman–Crippen LogP) is 4.25. The minimum absolute atomic E-state index is 0.0247. The minimum atomic E-state index is -0.0572. The molecule has 0 amide bonds. The molecule has 2 aromatic carbocycles. The molecule has 2 aromatic rings. The van der Waals surface area contributed by atoms with Gasteiger partial charge in [-0.3, -0.25) is 0 Å². The third-order valence-corrected chi connectivity index (χ3v) is 4.57. The molecule has 0 saturated heterocycles. The summed E-state index contributed by atoms with van der Waals surface area (Å²) < 4.78 is 5.91. The van der Waals surface area contributed by atoms with Crippen molar-refractivity contribution in [1.82, 2.24) is 0 Å². The molecular weight excluding hydrogens is 246 g/mol. The van der Waals surface area contributed by atoms with E-state index < -0.39 is 0 Å². The molecule has 1 aliphatic carbocycles. The van der Waals surface area contributed by atoms with Crippen molar-refractivity contribution in [3.63, 3.8) is 0 Å². The standard InChI is InChI=1S/C18H21NO/c1-17(2,18(19)11-12-18)14-7-6-10-16(13-14)20-15-8-4-3-5-9-15/h3-10,13H,11-12,19H2,1-2H3. The molecule has 1 aliphatic rings. The van der Waals surface area contributed by atoms with E-state index in [1.165, 1.54) is 5.56 Å². The number of ether oxygens (including phenoxy) is 1. The van der Waals surface area contributed by atoms with Crippen LogP contribution in [0.15, 0.2) is 54.6 Å². The molecule has 0 unspecified atom stereocenters. The van der Waals surface area contributed by atoms with Crippen molar-refractivity contribution in [2.24, 2.45) is 5.73 Å². The molecule has 0 heterocycles. The molecule has 2 nitrogen and oxygen atoms in total. The fourth-order valence-corrected chi connectivity index (χ4v) is 2.62. The Kier molecular flexibility index (Phi) is 3.06. The highest BCUT2D eigenvalue weighted by molar-refractivity contribution is 5.40. The van der Waals surface area contributed by atoms with Gasteiger partial charge in [-0.05, 0) is 42.7 Å². The van der Waals surface area contributed by atoms with E-state index in [1.807, 2.05) is 42.5 Å². The molecule has 0 aliphatic heterocycles. The summed E-state index contributed by atoms with van der Waals surface area (Å²) >= 11 is 0. The van der Waals surface area contributed by atoms with Crippen LogP contribution in [-0.2, 0) is 5.41 Å². The molecule has 0 radical (unpaired) electrons. The van der Waals surface area contributed by atoms with Crippen LogP contribution in [0, 0.1) is 0 Å². The summed E-state index contributed by atoms with van der Waals surface area (Å²) in [5.74, 6) is 1.72. The van der Waals surface area contributed by atoms with Crippen LogP contribution in [0.5, 0.6) is 11.5 Å². The van der Waals surface area contributed by atoms with Gasteiger partial charge >= 0.3 is 0 Å². The van der Waals surface area contributed by atoms with Gasteiger partial charge in [0.05, 0.1) is 0 Å². The molecule has 1 saturated carbocycles. The third-order valence-electron chi connectivity index (χ3n) is 4.57. The lowest BCUT2D eigenvalue weighted by Crippen LogP contribution is -2.43. The van der Waals surface area contributed by atoms with Crippen molar-refractivity contribution < 1.29 is 4.74 Å². The lowest BCUT2D eigenvalue weighted by molar-refractivity contribution is 0.388. The summed E-state index contributed by atoms with van der Waals surface area (Å²) in [7, 11) is 0. The SMILES string of the molecule is CC(C)(c1cccc(Oc2ccccc2)c1)C1(N)CC1. The van der Waals surface area contributed by atoms with Gasteiger partial charge in [-0.2, -0.15) is 0 Å². The van der Waals surface area contributed by atoms with Gasteiger partial charge in [-0.25, -0.2) is 0 Å². The van der Waals surface area contributed by atoms with Crippen LogP contribution in [0.25, 0.3) is 0 Å². The molecule has 0 atom stereocenters. The Hall–Kier alpha value is -1.80. The summed E-state index contributed by atoms with van der Waals surface area (Å²) in [6.45, 7) is 4.45. The second-order valence-corrected chi connectivity index (χ2v) is 6.22. The average molecular weight is 267 g/mol. The zero-order valence-corrected chi connectivity index (χ0v) is 12.1. The largest absolute Gasteiger partial charge is 0.457 e. The topological polar surface area (TPSA) is 35.2 Å². The predicted molar refractivity (Wildman–Crippen MR) is 82.1 cm³/mol. The molecule has 2 heteroatoms. The zero-order valence-electron chi connectivity index (χ0n) is 12.1. The first-order chi connectivity index (χ1) is 9.51. The maximum atomic E-state index is 6.42. The highest BCUT2D eigenvalue weighted by Crippen LogP contribution is 2.49. The molecule has 3 rings (SSSR count). The summed E-state index contributed by atoms with van der Waals surface area (Å²) in [6.07, 6.45) is 2.20. The molecule has 2 N–H and O–H groups in total. The first-order valence-electron chi connectivity index (χ1n) is 7.14. The molecule has 104 valence electrons. The van der Waals surface area contributed by atoms with Crippen LogP contribution in [0.3, 0.4) is 0 Å². The van der Waals surface area contributed by atoms with Crippen LogP contribution >= 0.6 is 0 Å². The fraction of sp³-hybridized carbons (Fsp3) is 0.333. The van der Waals surface area contributed by atoms with E-state index >= 15 is 0 Å². The van der Waals surface area contributed by atoms with E-state index in [9.17, 15) is 0 Å². The van der Waals surface area contributed by atoms with Crippen LogP contribution in [0.4, 0.5) is 0 Å². The second-order valence-electron chi connectivity index (χ2n) is 6.22. The van der Waals surface area contributed by atoms with Crippen LogP contribution < -0.4 is 10.5 Å². The Bertz CT molecular complexity index is 600. The zero-order chi connectivity index (χ0) is 14.2. The number of rotatable bonds is 4. The number of benzene rings is 2. The highest BCUT2D eigenvalue weighted by atomic mass is 16.5. The molecule has 20 heavy (non-hydrogen) atoms. The van der Waals surface area contributed by atoms with Crippen LogP contribution in [-0.4, -0.2) is 5.54 Å². The Morgan fingerprint density at radius 1 is 0.950 bits per heavy atom. The first-order valence-corrected chi connectivity index (χ1v) is 7.14. The fourth-order valence-electron chi connectivity index (χ4n) is 2.62. The Balaban J connectivity index is 1.87. The molecule has 1 fully saturated rings. The van der Waals surface area contributed by atoms with E-state index in [1.54, 1.807) is 0 Å². The van der Waals surface area contributed by atoms with Gasteiger partial charge in [0.1, 0.15) is 11.5 Å². The summed E-state index contributed by atoms with van der Waals surface area (Å²) in [5, 5.41) is 0. The van der Waals surface area contributed by atoms with E-state index in [0.29, 0.717) is 0 Å². The smallest absolute Gasteiger partial charge is 0.127 e. The Morgan fingerprint density at radius 2 is 1.60 bits per heavy atom. The van der Waals surface area contributed by atoms with E-state index in [0.717, 1.165) is 24.3 Å².